The zero-order valence-electron chi connectivity index (χ0n) is 7.66. The van der Waals surface area contributed by atoms with Crippen molar-refractivity contribution in [3.63, 3.8) is 0 Å². The van der Waals surface area contributed by atoms with E-state index in [0.29, 0.717) is 3.92 Å². The maximum absolute atomic E-state index is 9.08. The number of alkyl halides is 1. The van der Waals surface area contributed by atoms with Crippen molar-refractivity contribution >= 4 is 22.6 Å². The van der Waals surface area contributed by atoms with Crippen LogP contribution in [0.4, 0.5) is 0 Å². The Morgan fingerprint density at radius 3 is 2.85 bits per heavy atom. The fraction of sp³-hybridized carbons (Fsp3) is 1.00. The molecule has 78 valence electrons. The van der Waals surface area contributed by atoms with Gasteiger partial charge in [-0.25, -0.2) is 0 Å². The zero-order chi connectivity index (χ0) is 9.68. The van der Waals surface area contributed by atoms with Crippen LogP contribution in [0.15, 0.2) is 0 Å². The predicted molar refractivity (Wildman–Crippen MR) is 59.1 cm³/mol. The molecule has 1 saturated carbocycles. The van der Waals surface area contributed by atoms with E-state index < -0.39 is 6.10 Å². The molecule has 13 heavy (non-hydrogen) atoms. The summed E-state index contributed by atoms with van der Waals surface area (Å²) in [6.45, 7) is 0.0604. The fourth-order valence-electron chi connectivity index (χ4n) is 1.54. The van der Waals surface area contributed by atoms with Gasteiger partial charge in [-0.2, -0.15) is 0 Å². The molecule has 2 N–H and O–H groups in total. The molecule has 1 aliphatic carbocycles. The smallest absolute Gasteiger partial charge is 0.100 e. The van der Waals surface area contributed by atoms with Gasteiger partial charge in [-0.1, -0.05) is 22.6 Å². The largest absolute Gasteiger partial charge is 0.394 e. The first-order valence-electron chi connectivity index (χ1n) is 4.77. The lowest BCUT2D eigenvalue weighted by Gasteiger charge is -2.26. The van der Waals surface area contributed by atoms with Crippen LogP contribution in [0.25, 0.3) is 0 Å². The Kier molecular flexibility index (Phi) is 5.54. The van der Waals surface area contributed by atoms with Crippen molar-refractivity contribution in [3.8, 4) is 0 Å². The number of ether oxygens (including phenoxy) is 1. The highest BCUT2D eigenvalue weighted by Crippen LogP contribution is 2.26. The molecule has 0 amide bonds. The van der Waals surface area contributed by atoms with Crippen molar-refractivity contribution in [2.24, 2.45) is 0 Å². The van der Waals surface area contributed by atoms with Crippen LogP contribution < -0.4 is 0 Å². The van der Waals surface area contributed by atoms with Crippen LogP contribution in [-0.4, -0.2) is 39.6 Å². The van der Waals surface area contributed by atoms with E-state index in [0.717, 1.165) is 12.8 Å². The van der Waals surface area contributed by atoms with Crippen LogP contribution in [-0.2, 0) is 4.74 Å². The van der Waals surface area contributed by atoms with E-state index in [1.165, 1.54) is 12.8 Å². The molecule has 1 rings (SSSR count). The summed E-state index contributed by atoms with van der Waals surface area (Å²) in [5.74, 6) is 0. The number of hydrogen-bond acceptors (Lipinski definition) is 3. The Balaban J connectivity index is 2.13. The molecule has 0 aromatic heterocycles. The number of aliphatic hydroxyl groups excluding tert-OH is 2. The van der Waals surface area contributed by atoms with E-state index >= 15 is 0 Å². The summed E-state index contributed by atoms with van der Waals surface area (Å²) in [4.78, 5) is 0. The first kappa shape index (κ1) is 11.7. The van der Waals surface area contributed by atoms with Gasteiger partial charge in [-0.15, -0.1) is 0 Å². The van der Waals surface area contributed by atoms with Gasteiger partial charge in [0, 0.05) is 3.92 Å². The summed E-state index contributed by atoms with van der Waals surface area (Å²) in [6, 6.07) is 0. The summed E-state index contributed by atoms with van der Waals surface area (Å²) in [6.07, 6.45) is 4.25. The van der Waals surface area contributed by atoms with Gasteiger partial charge < -0.3 is 14.9 Å². The van der Waals surface area contributed by atoms with Gasteiger partial charge in [0.15, 0.2) is 0 Å². The second-order valence-electron chi connectivity index (χ2n) is 3.56. The minimum Gasteiger partial charge on any atom is -0.394 e. The SMILES string of the molecule is OC[C@H](O)COC1CCC[C@H](I)C1. The molecule has 0 radical (unpaired) electrons. The quantitative estimate of drug-likeness (QED) is 0.604. The second-order valence-corrected chi connectivity index (χ2v) is 5.32. The molecular weight excluding hydrogens is 283 g/mol. The van der Waals surface area contributed by atoms with Gasteiger partial charge in [0.25, 0.3) is 0 Å². The summed E-state index contributed by atoms with van der Waals surface area (Å²) in [5, 5.41) is 17.7. The molecule has 3 atom stereocenters. The molecular formula is C9H17IO3. The Bertz CT molecular complexity index is 143. The van der Waals surface area contributed by atoms with E-state index in [1.54, 1.807) is 0 Å². The predicted octanol–water partition coefficient (Wildman–Crippen LogP) is 1.10. The highest BCUT2D eigenvalue weighted by atomic mass is 127. The Labute approximate surface area is 92.6 Å². The number of halogens is 1. The van der Waals surface area contributed by atoms with Crippen molar-refractivity contribution < 1.29 is 14.9 Å². The first-order chi connectivity index (χ1) is 6.22. The molecule has 1 fully saturated rings. The number of hydrogen-bond donors (Lipinski definition) is 2. The second kappa shape index (κ2) is 6.16. The van der Waals surface area contributed by atoms with Gasteiger partial charge >= 0.3 is 0 Å². The average molecular weight is 300 g/mol. The molecule has 0 heterocycles. The lowest BCUT2D eigenvalue weighted by molar-refractivity contribution is -0.0382. The zero-order valence-corrected chi connectivity index (χ0v) is 9.81. The molecule has 0 aliphatic heterocycles. The highest BCUT2D eigenvalue weighted by molar-refractivity contribution is 14.1. The molecule has 1 unspecified atom stereocenters. The van der Waals surface area contributed by atoms with Crippen LogP contribution >= 0.6 is 22.6 Å². The maximum atomic E-state index is 9.08. The Morgan fingerprint density at radius 1 is 1.46 bits per heavy atom. The minimum atomic E-state index is -0.713. The number of rotatable bonds is 4. The van der Waals surface area contributed by atoms with E-state index in [4.69, 9.17) is 14.9 Å². The summed E-state index contributed by atoms with van der Waals surface area (Å²) >= 11 is 2.45. The van der Waals surface area contributed by atoms with Crippen LogP contribution in [0.1, 0.15) is 25.7 Å². The molecule has 0 saturated heterocycles. The molecule has 0 aromatic carbocycles. The average Bonchev–Trinajstić information content (AvgIpc) is 2.14. The minimum absolute atomic E-state index is 0.208. The summed E-state index contributed by atoms with van der Waals surface area (Å²) < 4.78 is 6.20. The topological polar surface area (TPSA) is 49.7 Å². The van der Waals surface area contributed by atoms with Crippen molar-refractivity contribution in [2.75, 3.05) is 13.2 Å². The standard InChI is InChI=1S/C9H17IO3/c10-7-2-1-3-9(4-7)13-6-8(12)5-11/h7-9,11-12H,1-6H2/t7-,8-,9?/m0/s1. The lowest BCUT2D eigenvalue weighted by atomic mass is 9.98. The number of aliphatic hydroxyl groups is 2. The van der Waals surface area contributed by atoms with Crippen molar-refractivity contribution in [2.45, 2.75) is 41.8 Å². The molecule has 1 aliphatic rings. The molecule has 0 bridgehead atoms. The first-order valence-corrected chi connectivity index (χ1v) is 6.01. The van der Waals surface area contributed by atoms with Gasteiger partial charge in [0.05, 0.1) is 19.3 Å². The molecule has 0 aromatic rings. The third kappa shape index (κ3) is 4.58. The normalized spacial score (nSPS) is 31.6. The van der Waals surface area contributed by atoms with Crippen LogP contribution in [0.2, 0.25) is 0 Å². The maximum Gasteiger partial charge on any atom is 0.100 e. The van der Waals surface area contributed by atoms with Crippen molar-refractivity contribution in [1.29, 1.82) is 0 Å². The monoisotopic (exact) mass is 300 g/mol. The van der Waals surface area contributed by atoms with Crippen LogP contribution in [0, 0.1) is 0 Å². The van der Waals surface area contributed by atoms with E-state index in [2.05, 4.69) is 22.6 Å². The highest BCUT2D eigenvalue weighted by Gasteiger charge is 2.20. The Hall–Kier alpha value is 0.610. The lowest BCUT2D eigenvalue weighted by Crippen LogP contribution is -2.28. The van der Waals surface area contributed by atoms with E-state index in [1.807, 2.05) is 0 Å². The van der Waals surface area contributed by atoms with Crippen molar-refractivity contribution in [3.05, 3.63) is 0 Å². The summed E-state index contributed by atoms with van der Waals surface area (Å²) in [5.41, 5.74) is 0. The third-order valence-electron chi connectivity index (χ3n) is 2.30. The fourth-order valence-corrected chi connectivity index (χ4v) is 2.55. The molecule has 3 nitrogen and oxygen atoms in total. The van der Waals surface area contributed by atoms with Crippen molar-refractivity contribution in [1.82, 2.24) is 0 Å². The van der Waals surface area contributed by atoms with E-state index in [-0.39, 0.29) is 19.3 Å². The van der Waals surface area contributed by atoms with Crippen LogP contribution in [0.5, 0.6) is 0 Å². The molecule has 0 spiro atoms. The van der Waals surface area contributed by atoms with Gasteiger partial charge in [-0.05, 0) is 25.7 Å². The van der Waals surface area contributed by atoms with Crippen LogP contribution in [0.3, 0.4) is 0 Å². The third-order valence-corrected chi connectivity index (χ3v) is 3.43. The summed E-state index contributed by atoms with van der Waals surface area (Å²) in [7, 11) is 0. The van der Waals surface area contributed by atoms with E-state index in [9.17, 15) is 0 Å². The molecule has 4 heteroatoms. The van der Waals surface area contributed by atoms with Gasteiger partial charge in [0.1, 0.15) is 6.10 Å². The van der Waals surface area contributed by atoms with Gasteiger partial charge in [-0.3, -0.25) is 0 Å². The van der Waals surface area contributed by atoms with Gasteiger partial charge in [0.2, 0.25) is 0 Å². The Morgan fingerprint density at radius 2 is 2.23 bits per heavy atom.